The topological polar surface area (TPSA) is 205 Å². The third kappa shape index (κ3) is 16.0. The van der Waals surface area contributed by atoms with Crippen LogP contribution in [0.4, 0.5) is 0 Å². The van der Waals surface area contributed by atoms with E-state index in [1.165, 1.54) is 6.42 Å². The number of thioether (sulfide) groups is 1. The van der Waals surface area contributed by atoms with Crippen molar-refractivity contribution in [2.24, 2.45) is 5.73 Å². The lowest BCUT2D eigenvalue weighted by Gasteiger charge is -2.18. The van der Waals surface area contributed by atoms with Crippen LogP contribution in [0, 0.1) is 0 Å². The largest absolute Gasteiger partial charge is 0.480 e. The molecule has 13 heteroatoms. The predicted molar refractivity (Wildman–Crippen MR) is 126 cm³/mol. The molecule has 0 aliphatic heterocycles. The number of amides is 3. The average molecular weight is 505 g/mol. The minimum Gasteiger partial charge on any atom is -0.480 e. The molecule has 34 heavy (non-hydrogen) atoms. The summed E-state index contributed by atoms with van der Waals surface area (Å²) in [6.07, 6.45) is 5.86. The number of nitrogens with two attached hydrogens (primary N) is 1. The highest BCUT2D eigenvalue weighted by molar-refractivity contribution is 8.00. The molecule has 2 unspecified atom stereocenters. The maximum absolute atomic E-state index is 12.2. The first-order valence-corrected chi connectivity index (χ1v) is 12.4. The Morgan fingerprint density at radius 1 is 0.941 bits per heavy atom. The van der Waals surface area contributed by atoms with E-state index in [1.54, 1.807) is 0 Å². The van der Waals surface area contributed by atoms with Crippen LogP contribution in [0.5, 0.6) is 0 Å². The van der Waals surface area contributed by atoms with Gasteiger partial charge in [-0.1, -0.05) is 39.0 Å². The van der Waals surface area contributed by atoms with Crippen molar-refractivity contribution in [3.63, 3.8) is 0 Å². The standard InChI is InChI=1S/C21H36N4O8S/c1-2-3-4-5-6-7-10-23-20(31)16(26)13-34-12-15(19(30)24-11-18(28)29)25-17(27)9-8-14(22)21(32)33/h14-15H,2-13,22H2,1H3,(H,23,31)(H,24,30)(H,25,27)(H,28,29)(H,32,33). The molecule has 0 rings (SSSR count). The number of unbranched alkanes of at least 4 members (excludes halogenated alkanes) is 5. The van der Waals surface area contributed by atoms with Gasteiger partial charge in [-0.25, -0.2) is 0 Å². The second-order valence-electron chi connectivity index (χ2n) is 7.68. The molecule has 0 fully saturated rings. The average Bonchev–Trinajstić information content (AvgIpc) is 2.79. The number of rotatable bonds is 20. The monoisotopic (exact) mass is 504 g/mol. The Bertz CT molecular complexity index is 704. The van der Waals surface area contributed by atoms with Crippen molar-refractivity contribution in [3.8, 4) is 0 Å². The lowest BCUT2D eigenvalue weighted by molar-refractivity contribution is -0.139. The third-order valence-electron chi connectivity index (χ3n) is 4.65. The molecule has 7 N–H and O–H groups in total. The van der Waals surface area contributed by atoms with E-state index < -0.39 is 54.1 Å². The normalized spacial score (nSPS) is 12.3. The summed E-state index contributed by atoms with van der Waals surface area (Å²) in [6.45, 7) is 1.86. The smallest absolute Gasteiger partial charge is 0.322 e. The Labute approximate surface area is 203 Å². The first-order chi connectivity index (χ1) is 16.1. The molecule has 0 heterocycles. The molecule has 194 valence electrons. The van der Waals surface area contributed by atoms with Crippen LogP contribution in [-0.2, 0) is 28.8 Å². The lowest BCUT2D eigenvalue weighted by Crippen LogP contribution is -2.49. The SMILES string of the molecule is CCCCCCCCNC(=O)C(=O)CSCC(NC(=O)CCC(N)C(=O)O)C(=O)NCC(=O)O. The number of carbonyl (C=O) groups excluding carboxylic acids is 4. The van der Waals surface area contributed by atoms with Gasteiger partial charge in [-0.05, 0) is 12.8 Å². The van der Waals surface area contributed by atoms with E-state index in [0.29, 0.717) is 6.54 Å². The Hall–Kier alpha value is -2.67. The Morgan fingerprint density at radius 3 is 2.21 bits per heavy atom. The molecule has 0 radical (unpaired) electrons. The maximum Gasteiger partial charge on any atom is 0.322 e. The number of carboxylic acid groups (broad SMARTS) is 2. The van der Waals surface area contributed by atoms with Crippen LogP contribution >= 0.6 is 11.8 Å². The van der Waals surface area contributed by atoms with Crippen molar-refractivity contribution >= 4 is 47.2 Å². The van der Waals surface area contributed by atoms with Crippen molar-refractivity contribution in [3.05, 3.63) is 0 Å². The number of aliphatic carboxylic acids is 2. The minimum atomic E-state index is -1.28. The highest BCUT2D eigenvalue weighted by Crippen LogP contribution is 2.06. The molecular formula is C21H36N4O8S. The van der Waals surface area contributed by atoms with Crippen LogP contribution in [0.2, 0.25) is 0 Å². The molecule has 0 saturated carbocycles. The van der Waals surface area contributed by atoms with Crippen LogP contribution < -0.4 is 21.7 Å². The van der Waals surface area contributed by atoms with Crippen LogP contribution in [0.1, 0.15) is 58.3 Å². The van der Waals surface area contributed by atoms with Gasteiger partial charge in [0.2, 0.25) is 17.6 Å². The Morgan fingerprint density at radius 2 is 1.59 bits per heavy atom. The zero-order valence-electron chi connectivity index (χ0n) is 19.5. The van der Waals surface area contributed by atoms with Gasteiger partial charge in [0.25, 0.3) is 5.91 Å². The molecule has 0 spiro atoms. The van der Waals surface area contributed by atoms with Gasteiger partial charge in [-0.15, -0.1) is 0 Å². The first-order valence-electron chi connectivity index (χ1n) is 11.2. The zero-order chi connectivity index (χ0) is 25.9. The minimum absolute atomic E-state index is 0.0986. The van der Waals surface area contributed by atoms with E-state index in [-0.39, 0.29) is 24.3 Å². The van der Waals surface area contributed by atoms with Crippen molar-refractivity contribution in [1.82, 2.24) is 16.0 Å². The van der Waals surface area contributed by atoms with Crippen LogP contribution in [0.3, 0.4) is 0 Å². The second kappa shape index (κ2) is 18.7. The fourth-order valence-electron chi connectivity index (χ4n) is 2.69. The van der Waals surface area contributed by atoms with E-state index >= 15 is 0 Å². The molecule has 0 saturated heterocycles. The van der Waals surface area contributed by atoms with Crippen molar-refractivity contribution in [2.75, 3.05) is 24.6 Å². The molecule has 3 amide bonds. The van der Waals surface area contributed by atoms with Gasteiger partial charge >= 0.3 is 11.9 Å². The van der Waals surface area contributed by atoms with Gasteiger partial charge < -0.3 is 31.9 Å². The first kappa shape index (κ1) is 31.3. The molecule has 0 aromatic heterocycles. The Kier molecular flexibility index (Phi) is 17.3. The molecule has 0 aromatic carbocycles. The highest BCUT2D eigenvalue weighted by Gasteiger charge is 2.23. The van der Waals surface area contributed by atoms with Gasteiger partial charge in [0, 0.05) is 18.7 Å². The van der Waals surface area contributed by atoms with Crippen molar-refractivity contribution in [2.45, 2.75) is 70.4 Å². The molecule has 12 nitrogen and oxygen atoms in total. The van der Waals surface area contributed by atoms with E-state index in [4.69, 9.17) is 15.9 Å². The summed E-state index contributed by atoms with van der Waals surface area (Å²) < 4.78 is 0. The molecule has 0 aliphatic carbocycles. The fourth-order valence-corrected chi connectivity index (χ4v) is 3.59. The number of hydrogen-bond acceptors (Lipinski definition) is 8. The van der Waals surface area contributed by atoms with Crippen molar-refractivity contribution in [1.29, 1.82) is 0 Å². The number of hydrogen-bond donors (Lipinski definition) is 6. The summed E-state index contributed by atoms with van der Waals surface area (Å²) in [5.41, 5.74) is 5.35. The molecule has 0 aromatic rings. The molecule has 0 bridgehead atoms. The van der Waals surface area contributed by atoms with E-state index in [9.17, 15) is 28.8 Å². The predicted octanol–water partition coefficient (Wildman–Crippen LogP) is -0.357. The summed E-state index contributed by atoms with van der Waals surface area (Å²) in [6, 6.07) is -2.43. The third-order valence-corrected chi connectivity index (χ3v) is 5.69. The van der Waals surface area contributed by atoms with Gasteiger partial charge in [-0.2, -0.15) is 11.8 Å². The molecular weight excluding hydrogens is 468 g/mol. The van der Waals surface area contributed by atoms with E-state index in [0.717, 1.165) is 43.9 Å². The summed E-state index contributed by atoms with van der Waals surface area (Å²) in [5.74, 6) is -5.73. The van der Waals surface area contributed by atoms with Gasteiger partial charge in [0.15, 0.2) is 0 Å². The van der Waals surface area contributed by atoms with Gasteiger partial charge in [0.05, 0.1) is 5.75 Å². The van der Waals surface area contributed by atoms with Crippen molar-refractivity contribution < 1.29 is 39.0 Å². The van der Waals surface area contributed by atoms with Crippen LogP contribution in [-0.4, -0.2) is 82.3 Å². The number of Topliss-reactive ketones (excluding diaryl/α,β-unsaturated/α-hetero) is 1. The number of ketones is 1. The van der Waals surface area contributed by atoms with Crippen LogP contribution in [0.25, 0.3) is 0 Å². The van der Waals surface area contributed by atoms with E-state index in [1.807, 2.05) is 0 Å². The summed E-state index contributed by atoms with van der Waals surface area (Å²) in [7, 11) is 0. The summed E-state index contributed by atoms with van der Waals surface area (Å²) in [4.78, 5) is 69.6. The number of carboxylic acids is 2. The number of nitrogens with one attached hydrogen (secondary N) is 3. The summed E-state index contributed by atoms with van der Waals surface area (Å²) >= 11 is 0.932. The second-order valence-corrected chi connectivity index (χ2v) is 8.71. The summed E-state index contributed by atoms with van der Waals surface area (Å²) in [5, 5.41) is 24.5. The fraction of sp³-hybridized carbons (Fsp3) is 0.714. The maximum atomic E-state index is 12.2. The molecule has 2 atom stereocenters. The Balaban J connectivity index is 4.52. The zero-order valence-corrected chi connectivity index (χ0v) is 20.3. The van der Waals surface area contributed by atoms with Crippen LogP contribution in [0.15, 0.2) is 0 Å². The highest BCUT2D eigenvalue weighted by atomic mass is 32.2. The molecule has 0 aliphatic rings. The number of carbonyl (C=O) groups is 6. The van der Waals surface area contributed by atoms with E-state index in [2.05, 4.69) is 22.9 Å². The quantitative estimate of drug-likeness (QED) is 0.0938. The lowest BCUT2D eigenvalue weighted by atomic mass is 10.1. The van der Waals surface area contributed by atoms with Gasteiger partial charge in [-0.3, -0.25) is 28.8 Å². The van der Waals surface area contributed by atoms with Gasteiger partial charge in [0.1, 0.15) is 18.6 Å².